The van der Waals surface area contributed by atoms with Gasteiger partial charge in [-0.05, 0) is 49.2 Å². The molecule has 0 unspecified atom stereocenters. The number of amides is 2. The molecule has 0 fully saturated rings. The van der Waals surface area contributed by atoms with Gasteiger partial charge in [-0.2, -0.15) is 0 Å². The van der Waals surface area contributed by atoms with Crippen molar-refractivity contribution >= 4 is 29.2 Å². The van der Waals surface area contributed by atoms with E-state index in [-0.39, 0.29) is 11.8 Å². The third-order valence-electron chi connectivity index (χ3n) is 4.93. The molecule has 2 atom stereocenters. The van der Waals surface area contributed by atoms with Gasteiger partial charge in [-0.25, -0.2) is 0 Å². The van der Waals surface area contributed by atoms with Crippen LogP contribution in [-0.2, 0) is 9.59 Å². The summed E-state index contributed by atoms with van der Waals surface area (Å²) in [5, 5.41) is 12.1. The summed E-state index contributed by atoms with van der Waals surface area (Å²) < 4.78 is 0. The number of hydrogen-bond donors (Lipinski definition) is 2. The second-order valence-corrected chi connectivity index (χ2v) is 6.76. The number of carboxylic acid groups (broad SMARTS) is 1. The van der Waals surface area contributed by atoms with Gasteiger partial charge in [0.05, 0.1) is 11.8 Å². The fraction of sp³-hybridized carbons (Fsp3) is 0.227. The van der Waals surface area contributed by atoms with Crippen LogP contribution in [0.4, 0.5) is 11.4 Å². The Morgan fingerprint density at radius 2 is 1.54 bits per heavy atom. The second kappa shape index (κ2) is 8.52. The van der Waals surface area contributed by atoms with Crippen molar-refractivity contribution in [2.24, 2.45) is 11.8 Å². The zero-order chi connectivity index (χ0) is 20.1. The van der Waals surface area contributed by atoms with Crippen molar-refractivity contribution in [3.63, 3.8) is 0 Å². The van der Waals surface area contributed by atoms with Gasteiger partial charge in [0.2, 0.25) is 5.91 Å². The first-order valence-electron chi connectivity index (χ1n) is 9.09. The summed E-state index contributed by atoms with van der Waals surface area (Å²) in [6.45, 7) is 0. The quantitative estimate of drug-likeness (QED) is 0.779. The van der Waals surface area contributed by atoms with Gasteiger partial charge in [0, 0.05) is 24.0 Å². The summed E-state index contributed by atoms with van der Waals surface area (Å²) in [7, 11) is 1.70. The molecule has 0 aromatic heterocycles. The van der Waals surface area contributed by atoms with E-state index >= 15 is 0 Å². The summed E-state index contributed by atoms with van der Waals surface area (Å²) in [5.41, 5.74) is 1.81. The van der Waals surface area contributed by atoms with Crippen molar-refractivity contribution in [3.05, 3.63) is 72.3 Å². The van der Waals surface area contributed by atoms with Crippen LogP contribution in [0.3, 0.4) is 0 Å². The minimum absolute atomic E-state index is 0.160. The van der Waals surface area contributed by atoms with E-state index in [2.05, 4.69) is 5.32 Å². The molecule has 0 spiro atoms. The van der Waals surface area contributed by atoms with Crippen molar-refractivity contribution < 1.29 is 19.5 Å². The second-order valence-electron chi connectivity index (χ2n) is 6.76. The maximum atomic E-state index is 12.6. The highest BCUT2D eigenvalue weighted by atomic mass is 16.4. The molecule has 6 heteroatoms. The molecule has 0 saturated heterocycles. The lowest BCUT2D eigenvalue weighted by atomic mass is 9.82. The molecule has 2 aromatic carbocycles. The molecule has 0 bridgehead atoms. The first kappa shape index (κ1) is 19.4. The van der Waals surface area contributed by atoms with Crippen LogP contribution in [0, 0.1) is 11.8 Å². The van der Waals surface area contributed by atoms with Gasteiger partial charge in [0.15, 0.2) is 0 Å². The maximum absolute atomic E-state index is 12.6. The largest absolute Gasteiger partial charge is 0.481 e. The number of allylic oxidation sites excluding steroid dienone is 2. The number of nitrogens with one attached hydrogen (secondary N) is 1. The van der Waals surface area contributed by atoms with E-state index in [9.17, 15) is 19.5 Å². The zero-order valence-corrected chi connectivity index (χ0v) is 15.5. The monoisotopic (exact) mass is 378 g/mol. The fourth-order valence-corrected chi connectivity index (χ4v) is 3.27. The van der Waals surface area contributed by atoms with Gasteiger partial charge in [0.1, 0.15) is 0 Å². The number of aliphatic carboxylic acids is 1. The van der Waals surface area contributed by atoms with Crippen LogP contribution >= 0.6 is 0 Å². The SMILES string of the molecule is CN(C(=O)c1ccc(NC(=O)[C@H]2CC=CC[C@H]2C(=O)O)cc1)c1ccccc1. The minimum Gasteiger partial charge on any atom is -0.481 e. The lowest BCUT2D eigenvalue weighted by molar-refractivity contribution is -0.146. The number of nitrogens with zero attached hydrogens (tertiary/aromatic N) is 1. The number of hydrogen-bond acceptors (Lipinski definition) is 3. The summed E-state index contributed by atoms with van der Waals surface area (Å²) in [4.78, 5) is 38.0. The summed E-state index contributed by atoms with van der Waals surface area (Å²) in [5.74, 6) is -2.77. The van der Waals surface area contributed by atoms with Gasteiger partial charge in [-0.15, -0.1) is 0 Å². The zero-order valence-electron chi connectivity index (χ0n) is 15.5. The van der Waals surface area contributed by atoms with E-state index in [0.29, 0.717) is 24.1 Å². The lowest BCUT2D eigenvalue weighted by Gasteiger charge is -2.24. The first-order chi connectivity index (χ1) is 13.5. The van der Waals surface area contributed by atoms with Crippen LogP contribution in [0.15, 0.2) is 66.7 Å². The molecule has 144 valence electrons. The molecule has 28 heavy (non-hydrogen) atoms. The Bertz CT molecular complexity index is 891. The fourth-order valence-electron chi connectivity index (χ4n) is 3.27. The molecule has 0 aliphatic heterocycles. The van der Waals surface area contributed by atoms with E-state index in [1.807, 2.05) is 36.4 Å². The highest BCUT2D eigenvalue weighted by molar-refractivity contribution is 6.06. The van der Waals surface area contributed by atoms with Crippen molar-refractivity contribution in [2.75, 3.05) is 17.3 Å². The number of carbonyl (C=O) groups is 3. The molecule has 1 aliphatic carbocycles. The predicted octanol–water partition coefficient (Wildman–Crippen LogP) is 3.57. The van der Waals surface area contributed by atoms with Crippen LogP contribution in [0.5, 0.6) is 0 Å². The van der Waals surface area contributed by atoms with E-state index < -0.39 is 17.8 Å². The van der Waals surface area contributed by atoms with Gasteiger partial charge in [0.25, 0.3) is 5.91 Å². The molecule has 6 nitrogen and oxygen atoms in total. The van der Waals surface area contributed by atoms with Crippen molar-refractivity contribution in [1.82, 2.24) is 0 Å². The average molecular weight is 378 g/mol. The molecular formula is C22H22N2O4. The summed E-state index contributed by atoms with van der Waals surface area (Å²) >= 11 is 0. The van der Waals surface area contributed by atoms with Gasteiger partial charge in [-0.3, -0.25) is 14.4 Å². The number of carboxylic acids is 1. The highest BCUT2D eigenvalue weighted by Crippen LogP contribution is 2.27. The molecule has 0 radical (unpaired) electrons. The van der Waals surface area contributed by atoms with Gasteiger partial charge >= 0.3 is 5.97 Å². The molecule has 0 saturated carbocycles. The topological polar surface area (TPSA) is 86.7 Å². The normalized spacial score (nSPS) is 18.3. The van der Waals surface area contributed by atoms with Crippen LogP contribution in [0.2, 0.25) is 0 Å². The van der Waals surface area contributed by atoms with Crippen LogP contribution in [0.1, 0.15) is 23.2 Å². The predicted molar refractivity (Wildman–Crippen MR) is 107 cm³/mol. The van der Waals surface area contributed by atoms with Crippen LogP contribution < -0.4 is 10.2 Å². The molecular weight excluding hydrogens is 356 g/mol. The Morgan fingerprint density at radius 1 is 0.929 bits per heavy atom. The Hall–Kier alpha value is -3.41. The Morgan fingerprint density at radius 3 is 2.14 bits per heavy atom. The summed E-state index contributed by atoms with van der Waals surface area (Å²) in [6, 6.07) is 15.9. The third kappa shape index (κ3) is 4.28. The van der Waals surface area contributed by atoms with E-state index in [4.69, 9.17) is 0 Å². The number of para-hydroxylation sites is 1. The van der Waals surface area contributed by atoms with Crippen molar-refractivity contribution in [3.8, 4) is 0 Å². The highest BCUT2D eigenvalue weighted by Gasteiger charge is 2.33. The molecule has 2 N–H and O–H groups in total. The third-order valence-corrected chi connectivity index (χ3v) is 4.93. The molecule has 0 heterocycles. The minimum atomic E-state index is -0.964. The lowest BCUT2D eigenvalue weighted by Crippen LogP contribution is -2.34. The molecule has 2 aromatic rings. The molecule has 1 aliphatic rings. The number of anilines is 2. The Labute approximate surface area is 163 Å². The molecule has 3 rings (SSSR count). The van der Waals surface area contributed by atoms with Crippen LogP contribution in [0.25, 0.3) is 0 Å². The number of benzene rings is 2. The Kier molecular flexibility index (Phi) is 5.89. The average Bonchev–Trinajstić information content (AvgIpc) is 2.73. The maximum Gasteiger partial charge on any atom is 0.307 e. The van der Waals surface area contributed by atoms with Gasteiger partial charge in [-0.1, -0.05) is 30.4 Å². The van der Waals surface area contributed by atoms with E-state index in [0.717, 1.165) is 5.69 Å². The number of carbonyl (C=O) groups excluding carboxylic acids is 2. The van der Waals surface area contributed by atoms with Crippen molar-refractivity contribution in [1.29, 1.82) is 0 Å². The van der Waals surface area contributed by atoms with Crippen LogP contribution in [-0.4, -0.2) is 29.9 Å². The Balaban J connectivity index is 1.67. The summed E-state index contributed by atoms with van der Waals surface area (Å²) in [6.07, 6.45) is 4.39. The standard InChI is InChI=1S/C22H22N2O4/c1-24(17-7-3-2-4-8-17)21(26)15-11-13-16(14-12-15)23-20(25)18-9-5-6-10-19(18)22(27)28/h2-8,11-14,18-19H,9-10H2,1H3,(H,23,25)(H,27,28)/t18-,19+/m0/s1. The first-order valence-corrected chi connectivity index (χ1v) is 9.09. The van der Waals surface area contributed by atoms with Gasteiger partial charge < -0.3 is 15.3 Å². The number of rotatable bonds is 5. The van der Waals surface area contributed by atoms with E-state index in [1.54, 1.807) is 42.3 Å². The smallest absolute Gasteiger partial charge is 0.307 e. The van der Waals surface area contributed by atoms with Crippen molar-refractivity contribution in [2.45, 2.75) is 12.8 Å². The van der Waals surface area contributed by atoms with E-state index in [1.165, 1.54) is 0 Å². The molecule has 2 amide bonds.